The summed E-state index contributed by atoms with van der Waals surface area (Å²) in [4.78, 5) is 65.4. The Morgan fingerprint density at radius 3 is 1.04 bits per heavy atom. The van der Waals surface area contributed by atoms with Crippen molar-refractivity contribution in [1.82, 2.24) is 103 Å². The zero-order valence-electron chi connectivity index (χ0n) is 63.7. The summed E-state index contributed by atoms with van der Waals surface area (Å²) >= 11 is 3.35. The molecule has 0 bridgehead atoms. The number of hydrogen-bond acceptors (Lipinski definition) is 21. The fourth-order valence-corrected chi connectivity index (χ4v) is 16.0. The number of halogens is 7. The topological polar surface area (TPSA) is 239 Å². The summed E-state index contributed by atoms with van der Waals surface area (Å²) < 4.78 is 95.4. The van der Waals surface area contributed by atoms with E-state index in [1.807, 2.05) is 48.9 Å². The molecule has 0 radical (unpaired) electrons. The molecule has 0 saturated carbocycles. The first kappa shape index (κ1) is 77.3. The largest absolute Gasteiger partial charge is 0.368 e. The number of rotatable bonds is 16. The van der Waals surface area contributed by atoms with E-state index < -0.39 is 34.9 Å². The minimum absolute atomic E-state index is 0.0000968. The fourth-order valence-electron chi connectivity index (χ4n) is 15.7. The van der Waals surface area contributed by atoms with Crippen molar-refractivity contribution in [1.29, 1.82) is 0 Å². The second kappa shape index (κ2) is 34.1. The SMILES string of the molecule is CCC1CCc2nc3c(F)cc(-c4nc(N)ncc4F)cc3n21.CCC1CCc2nc3c(F)cc(-c4nc(Nc5ccc(CN6CCN(C)CC6)cn5)ncc4F)cc3n21.CCC1CCc2nc3c(F)cc(-c4nc(Nc5ccc(CN6CCN(C)CC6)cn5)ncc4F)cc3n21.CN1CCN(Cc2ccc(Br)nc2)CC1. The van der Waals surface area contributed by atoms with E-state index in [2.05, 4.69) is 177 Å². The van der Waals surface area contributed by atoms with E-state index in [1.165, 1.54) is 36.9 Å². The second-order valence-electron chi connectivity index (χ2n) is 29.8. The number of pyridine rings is 3. The van der Waals surface area contributed by atoms with E-state index in [-0.39, 0.29) is 47.0 Å². The molecule has 0 aliphatic carbocycles. The Hall–Kier alpha value is -10.0. The van der Waals surface area contributed by atoms with Gasteiger partial charge in [0, 0.05) is 171 Å². The number of nitrogen functional groups attached to an aromatic ring is 1. The predicted molar refractivity (Wildman–Crippen MR) is 425 cm³/mol. The van der Waals surface area contributed by atoms with Crippen LogP contribution in [0.5, 0.6) is 0 Å². The van der Waals surface area contributed by atoms with Gasteiger partial charge < -0.3 is 44.8 Å². The van der Waals surface area contributed by atoms with E-state index in [4.69, 9.17) is 5.73 Å². The van der Waals surface area contributed by atoms with E-state index in [1.54, 1.807) is 18.2 Å². The molecule has 3 saturated heterocycles. The average Bonchev–Trinajstić information content (AvgIpc) is 1.60. The van der Waals surface area contributed by atoms with Crippen molar-refractivity contribution in [3.63, 3.8) is 0 Å². The maximum atomic E-state index is 15.0. The highest BCUT2D eigenvalue weighted by atomic mass is 79.9. The number of imidazole rings is 3. The first-order chi connectivity index (χ1) is 54.3. The molecule has 584 valence electrons. The van der Waals surface area contributed by atoms with Crippen LogP contribution in [0.1, 0.15) is 112 Å². The Kier molecular flexibility index (Phi) is 23.6. The van der Waals surface area contributed by atoms with Crippen molar-refractivity contribution in [2.24, 2.45) is 0 Å². The average molecular weight is 1590 g/mol. The van der Waals surface area contributed by atoms with Crippen LogP contribution in [0.15, 0.2) is 115 Å². The number of aromatic nitrogens is 15. The Bertz CT molecular complexity index is 5090. The molecule has 3 unspecified atom stereocenters. The molecule has 6 aliphatic heterocycles. The Labute approximate surface area is 654 Å². The van der Waals surface area contributed by atoms with Gasteiger partial charge in [0.2, 0.25) is 17.8 Å². The first-order valence-corrected chi connectivity index (χ1v) is 39.3. The van der Waals surface area contributed by atoms with Gasteiger partial charge in [-0.15, -0.1) is 0 Å². The lowest BCUT2D eigenvalue weighted by molar-refractivity contribution is 0.148. The summed E-state index contributed by atoms with van der Waals surface area (Å²) in [6, 6.07) is 21.9. The van der Waals surface area contributed by atoms with Crippen molar-refractivity contribution >= 4 is 78.5 Å². The summed E-state index contributed by atoms with van der Waals surface area (Å²) in [7, 11) is 6.46. The van der Waals surface area contributed by atoms with Crippen LogP contribution in [0.4, 0.5) is 55.8 Å². The van der Waals surface area contributed by atoms with E-state index >= 15 is 8.78 Å². The predicted octanol–water partition coefficient (Wildman–Crippen LogP) is 14.0. The van der Waals surface area contributed by atoms with Gasteiger partial charge in [-0.1, -0.05) is 39.0 Å². The molecule has 4 N–H and O–H groups in total. The van der Waals surface area contributed by atoms with Crippen LogP contribution >= 0.6 is 15.9 Å². The molecule has 24 nitrogen and oxygen atoms in total. The molecule has 112 heavy (non-hydrogen) atoms. The molecule has 3 fully saturated rings. The summed E-state index contributed by atoms with van der Waals surface area (Å²) in [5.74, 6) is 0.791. The third-order valence-corrected chi connectivity index (χ3v) is 22.5. The molecular weight excluding hydrogens is 1500 g/mol. The van der Waals surface area contributed by atoms with Crippen LogP contribution < -0.4 is 16.4 Å². The molecule has 6 aliphatic rings. The van der Waals surface area contributed by atoms with Crippen molar-refractivity contribution < 1.29 is 26.3 Å². The molecule has 3 aromatic carbocycles. The highest BCUT2D eigenvalue weighted by molar-refractivity contribution is 9.10. The third-order valence-electron chi connectivity index (χ3n) is 22.1. The number of hydrogen-bond donors (Lipinski definition) is 3. The van der Waals surface area contributed by atoms with E-state index in [0.29, 0.717) is 67.5 Å². The highest BCUT2D eigenvalue weighted by Crippen LogP contribution is 2.40. The molecule has 0 spiro atoms. The van der Waals surface area contributed by atoms with Gasteiger partial charge in [-0.3, -0.25) is 14.7 Å². The second-order valence-corrected chi connectivity index (χ2v) is 30.6. The van der Waals surface area contributed by atoms with Crippen LogP contribution in [-0.2, 0) is 38.9 Å². The van der Waals surface area contributed by atoms with Gasteiger partial charge in [-0.2, -0.15) is 0 Å². The van der Waals surface area contributed by atoms with Gasteiger partial charge in [0.15, 0.2) is 34.9 Å². The lowest BCUT2D eigenvalue weighted by Gasteiger charge is -2.32. The molecular formula is C81H91BrF6N24. The van der Waals surface area contributed by atoms with Gasteiger partial charge in [0.1, 0.15) is 67.3 Å². The Balaban J connectivity index is 0.000000124. The van der Waals surface area contributed by atoms with Crippen LogP contribution in [0, 0.1) is 34.9 Å². The number of nitrogens with one attached hydrogen (secondary N) is 2. The van der Waals surface area contributed by atoms with Gasteiger partial charge in [-0.25, -0.2) is 86.2 Å². The minimum atomic E-state index is -0.633. The summed E-state index contributed by atoms with van der Waals surface area (Å²) in [6.07, 6.45) is 17.0. The summed E-state index contributed by atoms with van der Waals surface area (Å²) in [5, 5.41) is 6.10. The number of likely N-dealkylation sites (N-methyl/N-ethyl adjacent to an activating group) is 3. The summed E-state index contributed by atoms with van der Waals surface area (Å²) in [6.45, 7) is 22.1. The zero-order chi connectivity index (χ0) is 77.8. The summed E-state index contributed by atoms with van der Waals surface area (Å²) in [5.41, 5.74) is 13.2. The van der Waals surface area contributed by atoms with Gasteiger partial charge in [0.05, 0.1) is 35.1 Å². The standard InChI is InChI=1S/2C27H30F2N8.C16H15F2N5.C11H16BrN3/c2*1-3-19-5-7-24-33-26-20(28)12-18(13-22(26)37(19)24)25-21(29)15-31-27(34-25)32-23-6-4-17(14-30-23)16-36-10-8-35(2)9-11-36;1-2-9-3-4-13-21-15-10(17)5-8(6-12(15)23(9)13)14-11(18)7-20-16(19)22-14;1-14-4-6-15(7-5-14)9-10-2-3-11(12)13-8-10/h2*4,6,12-15,19H,3,5,7-11,16H2,1-2H3,(H,30,31,32,34);5-7,9H,2-4H2,1H3,(H2,19,20,22);2-3,8H,4-7,9H2,1H3. The number of piperazine rings is 3. The number of nitrogens with two attached hydrogens (primary N) is 1. The van der Waals surface area contributed by atoms with Crippen molar-refractivity contribution in [2.45, 2.75) is 116 Å². The Morgan fingerprint density at radius 2 is 0.714 bits per heavy atom. The number of aryl methyl sites for hydroxylation is 3. The molecule has 12 aromatic rings. The normalized spacial score (nSPS) is 18.2. The quantitative estimate of drug-likeness (QED) is 0.0602. The minimum Gasteiger partial charge on any atom is -0.368 e. The van der Waals surface area contributed by atoms with Crippen molar-refractivity contribution in [3.05, 3.63) is 184 Å². The maximum Gasteiger partial charge on any atom is 0.229 e. The van der Waals surface area contributed by atoms with Crippen molar-refractivity contribution in [3.8, 4) is 33.8 Å². The van der Waals surface area contributed by atoms with Crippen LogP contribution in [0.2, 0.25) is 0 Å². The number of anilines is 5. The maximum absolute atomic E-state index is 15.0. The first-order valence-electron chi connectivity index (χ1n) is 38.5. The van der Waals surface area contributed by atoms with E-state index in [0.717, 1.165) is 195 Å². The van der Waals surface area contributed by atoms with Gasteiger partial charge in [-0.05, 0) is 147 Å². The van der Waals surface area contributed by atoms with Crippen LogP contribution in [0.3, 0.4) is 0 Å². The number of fused-ring (bicyclic) bond motifs is 9. The van der Waals surface area contributed by atoms with Crippen LogP contribution in [-0.4, -0.2) is 203 Å². The fraction of sp³-hybridized carbons (Fsp3) is 0.407. The molecule has 31 heteroatoms. The Morgan fingerprint density at radius 1 is 0.384 bits per heavy atom. The lowest BCUT2D eigenvalue weighted by Crippen LogP contribution is -2.43. The number of benzene rings is 3. The van der Waals surface area contributed by atoms with E-state index in [9.17, 15) is 17.6 Å². The number of nitrogens with zero attached hydrogens (tertiary/aromatic N) is 21. The highest BCUT2D eigenvalue weighted by Gasteiger charge is 2.31. The molecule has 0 amide bonds. The molecule has 3 atom stereocenters. The van der Waals surface area contributed by atoms with Crippen LogP contribution in [0.25, 0.3) is 66.9 Å². The van der Waals surface area contributed by atoms with Crippen molar-refractivity contribution in [2.75, 3.05) is 116 Å². The third kappa shape index (κ3) is 17.3. The molecule has 9 aromatic heterocycles. The monoisotopic (exact) mass is 1590 g/mol. The molecule has 18 rings (SSSR count). The zero-order valence-corrected chi connectivity index (χ0v) is 65.3. The smallest absolute Gasteiger partial charge is 0.229 e. The van der Waals surface area contributed by atoms with Gasteiger partial charge in [0.25, 0.3) is 0 Å². The lowest BCUT2D eigenvalue weighted by atomic mass is 10.1. The molecule has 15 heterocycles. The van der Waals surface area contributed by atoms with Gasteiger partial charge >= 0.3 is 0 Å².